The summed E-state index contributed by atoms with van der Waals surface area (Å²) < 4.78 is 1.10. The quantitative estimate of drug-likeness (QED) is 0.647. The number of nitrogens with zero attached hydrogens (tertiary/aromatic N) is 1. The zero-order chi connectivity index (χ0) is 13.4. The van der Waals surface area contributed by atoms with Gasteiger partial charge in [0.15, 0.2) is 5.96 Å². The van der Waals surface area contributed by atoms with Gasteiger partial charge >= 0.3 is 0 Å². The van der Waals surface area contributed by atoms with Gasteiger partial charge in [-0.1, -0.05) is 41.9 Å². The molecule has 0 fully saturated rings. The zero-order valence-electron chi connectivity index (χ0n) is 11.3. The summed E-state index contributed by atoms with van der Waals surface area (Å²) in [4.78, 5) is 4.56. The van der Waals surface area contributed by atoms with E-state index in [1.165, 1.54) is 5.56 Å². The molecular weight excluding hydrogens is 290 g/mol. The van der Waals surface area contributed by atoms with Crippen molar-refractivity contribution in [3.8, 4) is 0 Å². The van der Waals surface area contributed by atoms with Crippen LogP contribution in [0.4, 0.5) is 0 Å². The van der Waals surface area contributed by atoms with E-state index in [0.717, 1.165) is 23.5 Å². The maximum Gasteiger partial charge on any atom is 0.191 e. The molecule has 100 valence electrons. The molecule has 4 heteroatoms. The summed E-state index contributed by atoms with van der Waals surface area (Å²) in [7, 11) is 0. The van der Waals surface area contributed by atoms with Crippen LogP contribution in [0, 0.1) is 5.92 Å². The molecule has 0 unspecified atom stereocenters. The predicted octanol–water partition coefficient (Wildman–Crippen LogP) is 3.16. The maximum atomic E-state index is 4.56. The molecule has 3 nitrogen and oxygen atoms in total. The maximum absolute atomic E-state index is 4.56. The van der Waals surface area contributed by atoms with E-state index in [-0.39, 0.29) is 0 Å². The van der Waals surface area contributed by atoms with Crippen molar-refractivity contribution in [3.05, 3.63) is 34.3 Å². The summed E-state index contributed by atoms with van der Waals surface area (Å²) in [6, 6.07) is 8.25. The molecule has 1 aromatic carbocycles. The van der Waals surface area contributed by atoms with Gasteiger partial charge < -0.3 is 10.6 Å². The van der Waals surface area contributed by atoms with Crippen LogP contribution >= 0.6 is 15.9 Å². The number of benzene rings is 1. The van der Waals surface area contributed by atoms with E-state index in [0.29, 0.717) is 12.5 Å². The Morgan fingerprint density at radius 2 is 1.89 bits per heavy atom. The molecule has 0 radical (unpaired) electrons. The third kappa shape index (κ3) is 6.05. The number of nitrogens with one attached hydrogen (secondary N) is 2. The molecule has 0 aliphatic rings. The van der Waals surface area contributed by atoms with Crippen molar-refractivity contribution in [1.82, 2.24) is 10.6 Å². The first kappa shape index (κ1) is 15.0. The van der Waals surface area contributed by atoms with Crippen LogP contribution in [0.15, 0.2) is 33.7 Å². The first-order chi connectivity index (χ1) is 8.61. The third-order valence-corrected chi connectivity index (χ3v) is 2.88. The van der Waals surface area contributed by atoms with Gasteiger partial charge in [-0.25, -0.2) is 4.99 Å². The Labute approximate surface area is 118 Å². The van der Waals surface area contributed by atoms with Gasteiger partial charge in [0, 0.05) is 17.6 Å². The third-order valence-electron chi connectivity index (χ3n) is 2.35. The Morgan fingerprint density at radius 3 is 2.44 bits per heavy atom. The molecule has 0 saturated carbocycles. The van der Waals surface area contributed by atoms with E-state index in [4.69, 9.17) is 0 Å². The number of rotatable bonds is 5. The number of halogens is 1. The van der Waals surface area contributed by atoms with E-state index in [1.54, 1.807) is 0 Å². The van der Waals surface area contributed by atoms with Gasteiger partial charge in [0.05, 0.1) is 6.54 Å². The number of guanidine groups is 1. The van der Waals surface area contributed by atoms with E-state index in [9.17, 15) is 0 Å². The van der Waals surface area contributed by atoms with Crippen molar-refractivity contribution in [2.75, 3.05) is 13.1 Å². The second kappa shape index (κ2) is 8.14. The Morgan fingerprint density at radius 1 is 1.22 bits per heavy atom. The average molecular weight is 312 g/mol. The molecule has 0 aliphatic carbocycles. The second-order valence-corrected chi connectivity index (χ2v) is 5.51. The highest BCUT2D eigenvalue weighted by molar-refractivity contribution is 9.10. The van der Waals surface area contributed by atoms with Crippen LogP contribution in [0.3, 0.4) is 0 Å². The fourth-order valence-electron chi connectivity index (χ4n) is 1.40. The summed E-state index contributed by atoms with van der Waals surface area (Å²) in [5.74, 6) is 1.50. The normalized spacial score (nSPS) is 11.7. The van der Waals surface area contributed by atoms with Crippen molar-refractivity contribution >= 4 is 21.9 Å². The first-order valence-corrected chi connectivity index (χ1v) is 7.17. The monoisotopic (exact) mass is 311 g/mol. The van der Waals surface area contributed by atoms with E-state index < -0.39 is 0 Å². The topological polar surface area (TPSA) is 36.4 Å². The molecule has 0 heterocycles. The Hall–Kier alpha value is -1.03. The molecule has 0 amide bonds. The molecule has 0 atom stereocenters. The molecule has 0 aromatic heterocycles. The predicted molar refractivity (Wildman–Crippen MR) is 81.8 cm³/mol. The number of hydrogen-bond acceptors (Lipinski definition) is 1. The lowest BCUT2D eigenvalue weighted by Crippen LogP contribution is -2.39. The van der Waals surface area contributed by atoms with Gasteiger partial charge in [-0.2, -0.15) is 0 Å². The highest BCUT2D eigenvalue weighted by atomic mass is 79.9. The van der Waals surface area contributed by atoms with Crippen LogP contribution in [0.2, 0.25) is 0 Å². The molecule has 1 aromatic rings. The number of aliphatic imine (C=N–C) groups is 1. The number of hydrogen-bond donors (Lipinski definition) is 2. The molecule has 0 aliphatic heterocycles. The minimum atomic E-state index is 0.613. The Kier molecular flexibility index (Phi) is 6.80. The van der Waals surface area contributed by atoms with Crippen molar-refractivity contribution in [1.29, 1.82) is 0 Å². The molecule has 2 N–H and O–H groups in total. The van der Waals surface area contributed by atoms with Gasteiger partial charge in [0.2, 0.25) is 0 Å². The molecule has 0 saturated heterocycles. The van der Waals surface area contributed by atoms with E-state index in [1.807, 2.05) is 12.1 Å². The molecule has 0 spiro atoms. The first-order valence-electron chi connectivity index (χ1n) is 6.38. The standard InChI is InChI=1S/C14H22BrN3/c1-4-16-14(17-9-11(2)3)18-10-12-5-7-13(15)8-6-12/h5-8,11H,4,9-10H2,1-3H3,(H2,16,17,18). The summed E-state index contributed by atoms with van der Waals surface area (Å²) in [6.07, 6.45) is 0. The van der Waals surface area contributed by atoms with Gasteiger partial charge in [-0.3, -0.25) is 0 Å². The van der Waals surface area contributed by atoms with Crippen LogP contribution in [0.25, 0.3) is 0 Å². The van der Waals surface area contributed by atoms with E-state index >= 15 is 0 Å². The lowest BCUT2D eigenvalue weighted by Gasteiger charge is -2.12. The largest absolute Gasteiger partial charge is 0.357 e. The minimum absolute atomic E-state index is 0.613. The van der Waals surface area contributed by atoms with Crippen LogP contribution in [-0.2, 0) is 6.54 Å². The molecule has 1 rings (SSSR count). The fourth-order valence-corrected chi connectivity index (χ4v) is 1.67. The Balaban J connectivity index is 2.56. The fraction of sp³-hybridized carbons (Fsp3) is 0.500. The van der Waals surface area contributed by atoms with Crippen LogP contribution in [0.5, 0.6) is 0 Å². The highest BCUT2D eigenvalue weighted by Gasteiger charge is 1.99. The van der Waals surface area contributed by atoms with Crippen LogP contribution in [-0.4, -0.2) is 19.0 Å². The zero-order valence-corrected chi connectivity index (χ0v) is 12.9. The SMILES string of the molecule is CCNC(=NCc1ccc(Br)cc1)NCC(C)C. The van der Waals surface area contributed by atoms with Gasteiger partial charge in [0.25, 0.3) is 0 Å². The van der Waals surface area contributed by atoms with Crippen LogP contribution < -0.4 is 10.6 Å². The molecule has 0 bridgehead atoms. The minimum Gasteiger partial charge on any atom is -0.357 e. The lowest BCUT2D eigenvalue weighted by atomic mass is 10.2. The van der Waals surface area contributed by atoms with E-state index in [2.05, 4.69) is 64.5 Å². The van der Waals surface area contributed by atoms with Gasteiger partial charge in [-0.15, -0.1) is 0 Å². The van der Waals surface area contributed by atoms with Crippen molar-refractivity contribution < 1.29 is 0 Å². The van der Waals surface area contributed by atoms with Crippen molar-refractivity contribution in [3.63, 3.8) is 0 Å². The lowest BCUT2D eigenvalue weighted by molar-refractivity contribution is 0.615. The second-order valence-electron chi connectivity index (χ2n) is 4.60. The van der Waals surface area contributed by atoms with Gasteiger partial charge in [0.1, 0.15) is 0 Å². The van der Waals surface area contributed by atoms with Gasteiger partial charge in [-0.05, 0) is 30.5 Å². The summed E-state index contributed by atoms with van der Waals surface area (Å²) >= 11 is 3.43. The van der Waals surface area contributed by atoms with Crippen molar-refractivity contribution in [2.24, 2.45) is 10.9 Å². The highest BCUT2D eigenvalue weighted by Crippen LogP contribution is 2.10. The molecule has 18 heavy (non-hydrogen) atoms. The molecular formula is C14H22BrN3. The summed E-state index contributed by atoms with van der Waals surface area (Å²) in [5, 5.41) is 6.58. The van der Waals surface area contributed by atoms with Crippen molar-refractivity contribution in [2.45, 2.75) is 27.3 Å². The summed E-state index contributed by atoms with van der Waals surface area (Å²) in [5.41, 5.74) is 1.21. The smallest absolute Gasteiger partial charge is 0.191 e. The van der Waals surface area contributed by atoms with Crippen LogP contribution in [0.1, 0.15) is 26.3 Å². The summed E-state index contributed by atoms with van der Waals surface area (Å²) in [6.45, 7) is 8.96. The average Bonchev–Trinajstić information content (AvgIpc) is 2.34. The Bertz CT molecular complexity index is 371.